The number of hydrogen-bond acceptors (Lipinski definition) is 22. The standard InChI is InChI=1S/C26H30O22/c1-11(27)21(37)45-19(35)9-25(41,7-17(33)43-13(3)29)23(39)47-15(31)5-6-16(32)48-24(40)26(42,8-18(34)44-14(4)30)10-20(36)46-22(38)12(2)28/h11-12,27-28,41-42H,5-10H2,1-4H3. The van der Waals surface area contributed by atoms with Crippen LogP contribution in [0.1, 0.15) is 66.2 Å². The maximum atomic E-state index is 12.5. The molecule has 0 aromatic carbocycles. The van der Waals surface area contributed by atoms with Crippen molar-refractivity contribution in [2.45, 2.75) is 89.6 Å². The summed E-state index contributed by atoms with van der Waals surface area (Å²) in [5, 5.41) is 39.4. The predicted octanol–water partition coefficient (Wildman–Crippen LogP) is -3.99. The summed E-state index contributed by atoms with van der Waals surface area (Å²) in [7, 11) is 0. The highest BCUT2D eigenvalue weighted by Gasteiger charge is 2.47. The largest absolute Gasteiger partial charge is 0.393 e. The van der Waals surface area contributed by atoms with Crippen molar-refractivity contribution in [1.29, 1.82) is 0 Å². The summed E-state index contributed by atoms with van der Waals surface area (Å²) in [6.07, 6.45) is -12.2. The molecule has 22 nitrogen and oxygen atoms in total. The van der Waals surface area contributed by atoms with E-state index in [-0.39, 0.29) is 0 Å². The van der Waals surface area contributed by atoms with Gasteiger partial charge in [0.25, 0.3) is 0 Å². The number of carbonyl (C=O) groups excluding carboxylic acids is 12. The van der Waals surface area contributed by atoms with Gasteiger partial charge < -0.3 is 48.8 Å². The lowest BCUT2D eigenvalue weighted by molar-refractivity contribution is -0.186. The van der Waals surface area contributed by atoms with Gasteiger partial charge in [0, 0.05) is 13.8 Å². The van der Waals surface area contributed by atoms with Crippen LogP contribution in [-0.2, 0) is 86.0 Å². The fourth-order valence-corrected chi connectivity index (χ4v) is 2.93. The number of aliphatic hydroxyl groups is 4. The van der Waals surface area contributed by atoms with Gasteiger partial charge in [-0.3, -0.25) is 38.4 Å². The smallest absolute Gasteiger partial charge is 0.346 e. The number of esters is 12. The number of ether oxygens (including phenoxy) is 6. The second kappa shape index (κ2) is 18.7. The highest BCUT2D eigenvalue weighted by Crippen LogP contribution is 2.22. The number of rotatable bonds is 15. The van der Waals surface area contributed by atoms with Gasteiger partial charge in [0.2, 0.25) is 0 Å². The molecule has 0 spiro atoms. The Hall–Kier alpha value is -5.32. The van der Waals surface area contributed by atoms with Crippen LogP contribution in [0.5, 0.6) is 0 Å². The fraction of sp³-hybridized carbons (Fsp3) is 0.538. The van der Waals surface area contributed by atoms with Crippen molar-refractivity contribution in [3.8, 4) is 0 Å². The molecule has 0 aromatic heterocycles. The number of aliphatic hydroxyl groups excluding tert-OH is 2. The Labute approximate surface area is 268 Å². The van der Waals surface area contributed by atoms with E-state index in [1.165, 1.54) is 0 Å². The SMILES string of the molecule is CC(=O)OC(=O)CC(O)(CC(=O)OC(=O)C(C)O)C(=O)OC(=O)CCC(=O)OC(=O)C(O)(CC(=O)OC(C)=O)CC(=O)OC(=O)C(C)O. The lowest BCUT2D eigenvalue weighted by Crippen LogP contribution is -2.46. The molecule has 4 atom stereocenters. The van der Waals surface area contributed by atoms with E-state index in [2.05, 4.69) is 28.4 Å². The van der Waals surface area contributed by atoms with Gasteiger partial charge in [-0.1, -0.05) is 0 Å². The minimum atomic E-state index is -3.33. The Kier molecular flexibility index (Phi) is 16.7. The predicted molar refractivity (Wildman–Crippen MR) is 139 cm³/mol. The van der Waals surface area contributed by atoms with Crippen LogP contribution in [0.15, 0.2) is 0 Å². The summed E-state index contributed by atoms with van der Waals surface area (Å²) < 4.78 is 25.1. The van der Waals surface area contributed by atoms with Crippen molar-refractivity contribution in [2.24, 2.45) is 0 Å². The zero-order valence-electron chi connectivity index (χ0n) is 25.5. The van der Waals surface area contributed by atoms with E-state index in [4.69, 9.17) is 10.2 Å². The van der Waals surface area contributed by atoms with E-state index in [9.17, 15) is 67.7 Å². The van der Waals surface area contributed by atoms with E-state index < -0.39 is 134 Å². The van der Waals surface area contributed by atoms with Gasteiger partial charge in [-0.25, -0.2) is 19.2 Å². The average molecular weight is 695 g/mol. The van der Waals surface area contributed by atoms with Crippen molar-refractivity contribution in [3.05, 3.63) is 0 Å². The molecule has 0 fully saturated rings. The molecule has 0 aliphatic heterocycles. The van der Waals surface area contributed by atoms with Crippen molar-refractivity contribution in [3.63, 3.8) is 0 Å². The first-order valence-corrected chi connectivity index (χ1v) is 13.1. The molecule has 4 unspecified atom stereocenters. The molecule has 0 aromatic rings. The van der Waals surface area contributed by atoms with Gasteiger partial charge in [-0.2, -0.15) is 0 Å². The molecule has 0 rings (SSSR count). The first-order chi connectivity index (χ1) is 21.9. The zero-order chi connectivity index (χ0) is 37.6. The molecule has 48 heavy (non-hydrogen) atoms. The second-order valence-electron chi connectivity index (χ2n) is 9.66. The molecule has 266 valence electrons. The van der Waals surface area contributed by atoms with Crippen LogP contribution < -0.4 is 0 Å². The average Bonchev–Trinajstić information content (AvgIpc) is 2.89. The number of hydrogen-bond donors (Lipinski definition) is 4. The van der Waals surface area contributed by atoms with Crippen molar-refractivity contribution >= 4 is 71.6 Å². The molecule has 0 aliphatic carbocycles. The molecular weight excluding hydrogens is 664 g/mol. The molecule has 0 saturated carbocycles. The summed E-state index contributed by atoms with van der Waals surface area (Å²) in [4.78, 5) is 142. The van der Waals surface area contributed by atoms with Crippen molar-refractivity contribution in [2.75, 3.05) is 0 Å². The van der Waals surface area contributed by atoms with Crippen LogP contribution in [0.4, 0.5) is 0 Å². The van der Waals surface area contributed by atoms with Crippen LogP contribution in [0.2, 0.25) is 0 Å². The van der Waals surface area contributed by atoms with Crippen LogP contribution >= 0.6 is 0 Å². The van der Waals surface area contributed by atoms with E-state index >= 15 is 0 Å². The summed E-state index contributed by atoms with van der Waals surface area (Å²) in [5.41, 5.74) is -6.66. The summed E-state index contributed by atoms with van der Waals surface area (Å²) in [6, 6.07) is 0. The van der Waals surface area contributed by atoms with Gasteiger partial charge in [0.1, 0.15) is 12.2 Å². The lowest BCUT2D eigenvalue weighted by Gasteiger charge is -2.23. The van der Waals surface area contributed by atoms with E-state index in [1.54, 1.807) is 0 Å². The van der Waals surface area contributed by atoms with Crippen LogP contribution in [0, 0.1) is 0 Å². The van der Waals surface area contributed by atoms with Gasteiger partial charge >= 0.3 is 71.6 Å². The highest BCUT2D eigenvalue weighted by atomic mass is 16.6. The number of carbonyl (C=O) groups is 12. The van der Waals surface area contributed by atoms with Gasteiger partial charge in [-0.05, 0) is 13.8 Å². The minimum absolute atomic E-state index is 0.751. The molecule has 4 N–H and O–H groups in total. The van der Waals surface area contributed by atoms with E-state index in [0.29, 0.717) is 0 Å². The Morgan fingerprint density at radius 1 is 0.458 bits per heavy atom. The van der Waals surface area contributed by atoms with Crippen molar-refractivity contribution < 1.29 is 106 Å². The summed E-state index contributed by atoms with van der Waals surface area (Å²) in [6.45, 7) is 3.27. The third-order valence-corrected chi connectivity index (χ3v) is 5.08. The van der Waals surface area contributed by atoms with Crippen LogP contribution in [-0.4, -0.2) is 115 Å². The maximum absolute atomic E-state index is 12.5. The fourth-order valence-electron chi connectivity index (χ4n) is 2.93. The highest BCUT2D eigenvalue weighted by molar-refractivity contribution is 6.00. The normalized spacial score (nSPS) is 14.2. The molecule has 0 bridgehead atoms. The maximum Gasteiger partial charge on any atom is 0.346 e. The molecule has 0 aliphatic rings. The third kappa shape index (κ3) is 15.8. The minimum Gasteiger partial charge on any atom is -0.393 e. The molecular formula is C26H30O22. The van der Waals surface area contributed by atoms with Crippen LogP contribution in [0.3, 0.4) is 0 Å². The Morgan fingerprint density at radius 3 is 0.938 bits per heavy atom. The molecule has 0 heterocycles. The second-order valence-corrected chi connectivity index (χ2v) is 9.66. The van der Waals surface area contributed by atoms with Gasteiger partial charge in [-0.15, -0.1) is 0 Å². The van der Waals surface area contributed by atoms with E-state index in [1.807, 2.05) is 0 Å². The zero-order valence-corrected chi connectivity index (χ0v) is 25.5. The Balaban J connectivity index is 5.67. The molecule has 0 amide bonds. The lowest BCUT2D eigenvalue weighted by atomic mass is 9.95. The summed E-state index contributed by atoms with van der Waals surface area (Å²) >= 11 is 0. The third-order valence-electron chi connectivity index (χ3n) is 5.08. The van der Waals surface area contributed by atoms with Crippen molar-refractivity contribution in [1.82, 2.24) is 0 Å². The quantitative estimate of drug-likeness (QED) is 0.0721. The first-order valence-electron chi connectivity index (χ1n) is 13.1. The monoisotopic (exact) mass is 694 g/mol. The van der Waals surface area contributed by atoms with Gasteiger partial charge in [0.15, 0.2) is 11.2 Å². The summed E-state index contributed by atoms with van der Waals surface area (Å²) in [5.74, 6) is -19.7. The molecule has 0 radical (unpaired) electrons. The first kappa shape index (κ1) is 42.7. The molecule has 22 heteroatoms. The van der Waals surface area contributed by atoms with E-state index in [0.717, 1.165) is 27.7 Å². The van der Waals surface area contributed by atoms with Crippen LogP contribution in [0.25, 0.3) is 0 Å². The Bertz CT molecular complexity index is 1250. The topological polar surface area (TPSA) is 341 Å². The molecule has 0 saturated heterocycles. The Morgan fingerprint density at radius 2 is 0.708 bits per heavy atom. The van der Waals surface area contributed by atoms with Gasteiger partial charge in [0.05, 0.1) is 38.5 Å².